The van der Waals surface area contributed by atoms with Crippen molar-refractivity contribution in [2.75, 3.05) is 13.1 Å². The highest BCUT2D eigenvalue weighted by molar-refractivity contribution is 8.18. The van der Waals surface area contributed by atoms with Gasteiger partial charge in [0.15, 0.2) is 0 Å². The first kappa shape index (κ1) is 19.4. The zero-order chi connectivity index (χ0) is 19.2. The summed E-state index contributed by atoms with van der Waals surface area (Å²) in [7, 11) is 0. The van der Waals surface area contributed by atoms with Gasteiger partial charge in [0.25, 0.3) is 11.1 Å². The normalized spacial score (nSPS) is 15.6. The van der Waals surface area contributed by atoms with E-state index in [4.69, 9.17) is 0 Å². The van der Waals surface area contributed by atoms with Crippen molar-refractivity contribution in [1.82, 2.24) is 10.2 Å². The van der Waals surface area contributed by atoms with Gasteiger partial charge in [-0.25, -0.2) is 0 Å². The Morgan fingerprint density at radius 1 is 1.19 bits per heavy atom. The molecule has 3 rings (SSSR count). The molecule has 2 heterocycles. The minimum absolute atomic E-state index is 0.0802. The Labute approximate surface area is 166 Å². The predicted molar refractivity (Wildman–Crippen MR) is 110 cm³/mol. The molecule has 0 atom stereocenters. The molecule has 1 aliphatic rings. The number of aryl methyl sites for hydroxylation is 2. The summed E-state index contributed by atoms with van der Waals surface area (Å²) in [5, 5.41) is 6.48. The fourth-order valence-corrected chi connectivity index (χ4v) is 4.16. The third kappa shape index (κ3) is 5.30. The van der Waals surface area contributed by atoms with Gasteiger partial charge in [-0.1, -0.05) is 29.8 Å². The third-order valence-electron chi connectivity index (χ3n) is 4.13. The first-order chi connectivity index (χ1) is 13.0. The maximum absolute atomic E-state index is 12.4. The first-order valence-electron chi connectivity index (χ1n) is 8.63. The lowest BCUT2D eigenvalue weighted by Crippen LogP contribution is -2.37. The standard InChI is InChI=1S/C20H20N2O3S2/c1-14-2-4-15(5-3-14)12-17-19(24)22(20(25)27-17)10-9-21-18(23)7-6-16-8-11-26-13-16/h2-5,8,11-13H,6-7,9-10H2,1H3,(H,21,23)/b17-12-. The molecular formula is C20H20N2O3S2. The zero-order valence-corrected chi connectivity index (χ0v) is 16.6. The first-order valence-corrected chi connectivity index (χ1v) is 10.4. The summed E-state index contributed by atoms with van der Waals surface area (Å²) in [6.45, 7) is 2.44. The molecule has 0 spiro atoms. The van der Waals surface area contributed by atoms with Crippen LogP contribution in [0.5, 0.6) is 0 Å². The van der Waals surface area contributed by atoms with Gasteiger partial charge in [-0.2, -0.15) is 11.3 Å². The van der Waals surface area contributed by atoms with Gasteiger partial charge in [0.05, 0.1) is 4.91 Å². The minimum Gasteiger partial charge on any atom is -0.354 e. The number of nitrogens with zero attached hydrogens (tertiary/aromatic N) is 1. The lowest BCUT2D eigenvalue weighted by Gasteiger charge is -2.12. The SMILES string of the molecule is Cc1ccc(/C=C2\SC(=O)N(CCNC(=O)CCc3ccsc3)C2=O)cc1. The van der Waals surface area contributed by atoms with Crippen LogP contribution in [0.3, 0.4) is 0 Å². The largest absolute Gasteiger partial charge is 0.354 e. The van der Waals surface area contributed by atoms with E-state index in [1.807, 2.05) is 48.0 Å². The Morgan fingerprint density at radius 2 is 1.96 bits per heavy atom. The molecule has 1 saturated heterocycles. The zero-order valence-electron chi connectivity index (χ0n) is 14.9. The molecule has 0 radical (unpaired) electrons. The summed E-state index contributed by atoms with van der Waals surface area (Å²) in [4.78, 5) is 38.1. The van der Waals surface area contributed by atoms with Crippen LogP contribution in [0.2, 0.25) is 0 Å². The Hall–Kier alpha value is -2.38. The van der Waals surface area contributed by atoms with E-state index >= 15 is 0 Å². The molecule has 0 saturated carbocycles. The van der Waals surface area contributed by atoms with Crippen LogP contribution < -0.4 is 5.32 Å². The molecule has 3 amide bonds. The molecular weight excluding hydrogens is 380 g/mol. The quantitative estimate of drug-likeness (QED) is 0.717. The van der Waals surface area contributed by atoms with Crippen molar-refractivity contribution in [2.45, 2.75) is 19.8 Å². The van der Waals surface area contributed by atoms with Crippen LogP contribution >= 0.6 is 23.1 Å². The van der Waals surface area contributed by atoms with E-state index in [0.717, 1.165) is 28.5 Å². The highest BCUT2D eigenvalue weighted by Crippen LogP contribution is 2.31. The topological polar surface area (TPSA) is 66.5 Å². The maximum Gasteiger partial charge on any atom is 0.293 e. The van der Waals surface area contributed by atoms with Crippen molar-refractivity contribution in [3.8, 4) is 0 Å². The summed E-state index contributed by atoms with van der Waals surface area (Å²) in [5.41, 5.74) is 3.16. The predicted octanol–water partition coefficient (Wildman–Crippen LogP) is 3.84. The highest BCUT2D eigenvalue weighted by atomic mass is 32.2. The number of hydrogen-bond acceptors (Lipinski definition) is 5. The highest BCUT2D eigenvalue weighted by Gasteiger charge is 2.34. The number of rotatable bonds is 7. The number of amides is 3. The Kier molecular flexibility index (Phi) is 6.47. The van der Waals surface area contributed by atoms with Gasteiger partial charge in [-0.15, -0.1) is 0 Å². The van der Waals surface area contributed by atoms with Gasteiger partial charge in [-0.05, 0) is 59.1 Å². The molecule has 1 aromatic heterocycles. The maximum atomic E-state index is 12.4. The summed E-state index contributed by atoms with van der Waals surface area (Å²) < 4.78 is 0. The van der Waals surface area contributed by atoms with Crippen molar-refractivity contribution in [2.24, 2.45) is 0 Å². The second kappa shape index (κ2) is 9.01. The van der Waals surface area contributed by atoms with Crippen LogP contribution in [-0.2, 0) is 16.0 Å². The van der Waals surface area contributed by atoms with E-state index in [9.17, 15) is 14.4 Å². The van der Waals surface area contributed by atoms with Crippen molar-refractivity contribution in [3.63, 3.8) is 0 Å². The summed E-state index contributed by atoms with van der Waals surface area (Å²) >= 11 is 2.54. The second-order valence-corrected chi connectivity index (χ2v) is 8.00. The molecule has 2 aromatic rings. The van der Waals surface area contributed by atoms with Crippen LogP contribution in [0, 0.1) is 6.92 Å². The van der Waals surface area contributed by atoms with Gasteiger partial charge in [0.2, 0.25) is 5.91 Å². The summed E-state index contributed by atoms with van der Waals surface area (Å²) in [6, 6.07) is 9.75. The van der Waals surface area contributed by atoms with Crippen molar-refractivity contribution >= 4 is 46.2 Å². The van der Waals surface area contributed by atoms with Crippen molar-refractivity contribution < 1.29 is 14.4 Å². The fraction of sp³-hybridized carbons (Fsp3) is 0.250. The Morgan fingerprint density at radius 3 is 2.67 bits per heavy atom. The molecule has 1 N–H and O–H groups in total. The number of nitrogens with one attached hydrogen (secondary N) is 1. The minimum atomic E-state index is -0.307. The fourth-order valence-electron chi connectivity index (χ4n) is 2.60. The number of thiophene rings is 1. The monoisotopic (exact) mass is 400 g/mol. The molecule has 0 unspecified atom stereocenters. The second-order valence-electron chi connectivity index (χ2n) is 6.23. The van der Waals surface area contributed by atoms with Gasteiger partial charge >= 0.3 is 0 Å². The van der Waals surface area contributed by atoms with Gasteiger partial charge in [0, 0.05) is 19.5 Å². The van der Waals surface area contributed by atoms with Gasteiger partial charge in [0.1, 0.15) is 0 Å². The van der Waals surface area contributed by atoms with E-state index in [1.165, 1.54) is 4.90 Å². The number of imide groups is 1. The van der Waals surface area contributed by atoms with Gasteiger partial charge in [-0.3, -0.25) is 19.3 Å². The number of hydrogen-bond donors (Lipinski definition) is 1. The van der Waals surface area contributed by atoms with E-state index < -0.39 is 0 Å². The van der Waals surface area contributed by atoms with Crippen molar-refractivity contribution in [3.05, 3.63) is 62.7 Å². The summed E-state index contributed by atoms with van der Waals surface area (Å²) in [6.07, 6.45) is 2.81. The van der Waals surface area contributed by atoms with Crippen LogP contribution in [-0.4, -0.2) is 35.0 Å². The van der Waals surface area contributed by atoms with E-state index in [-0.39, 0.29) is 30.1 Å². The van der Waals surface area contributed by atoms with Crippen LogP contribution in [0.25, 0.3) is 6.08 Å². The average Bonchev–Trinajstić information content (AvgIpc) is 3.26. The molecule has 0 bridgehead atoms. The Bertz CT molecular complexity index is 858. The smallest absolute Gasteiger partial charge is 0.293 e. The third-order valence-corrected chi connectivity index (χ3v) is 5.77. The van der Waals surface area contributed by atoms with E-state index in [1.54, 1.807) is 17.4 Å². The number of benzene rings is 1. The molecule has 5 nitrogen and oxygen atoms in total. The average molecular weight is 401 g/mol. The molecule has 1 aliphatic heterocycles. The number of thioether (sulfide) groups is 1. The summed E-state index contributed by atoms with van der Waals surface area (Å²) in [5.74, 6) is -0.388. The van der Waals surface area contributed by atoms with Crippen molar-refractivity contribution in [1.29, 1.82) is 0 Å². The molecule has 1 fully saturated rings. The molecule has 7 heteroatoms. The van der Waals surface area contributed by atoms with E-state index in [0.29, 0.717) is 17.7 Å². The number of carbonyl (C=O) groups excluding carboxylic acids is 3. The molecule has 0 aliphatic carbocycles. The molecule has 140 valence electrons. The Balaban J connectivity index is 1.48. The lowest BCUT2D eigenvalue weighted by atomic mass is 10.1. The van der Waals surface area contributed by atoms with Crippen LogP contribution in [0.1, 0.15) is 23.1 Å². The number of carbonyl (C=O) groups is 3. The van der Waals surface area contributed by atoms with E-state index in [2.05, 4.69) is 5.32 Å². The lowest BCUT2D eigenvalue weighted by molar-refractivity contribution is -0.124. The molecule has 1 aromatic carbocycles. The van der Waals surface area contributed by atoms with Gasteiger partial charge < -0.3 is 5.32 Å². The van der Waals surface area contributed by atoms with Crippen LogP contribution in [0.15, 0.2) is 46.0 Å². The van der Waals surface area contributed by atoms with Crippen LogP contribution in [0.4, 0.5) is 4.79 Å². The molecule has 27 heavy (non-hydrogen) atoms.